The summed E-state index contributed by atoms with van der Waals surface area (Å²) in [6, 6.07) is 21.0. The normalized spacial score (nSPS) is 11.4. The molecule has 1 amide bonds. The van der Waals surface area contributed by atoms with Crippen molar-refractivity contribution in [3.8, 4) is 5.75 Å². The van der Waals surface area contributed by atoms with E-state index in [9.17, 15) is 9.18 Å². The number of aromatic amines is 1. The van der Waals surface area contributed by atoms with E-state index in [-0.39, 0.29) is 11.5 Å². The summed E-state index contributed by atoms with van der Waals surface area (Å²) < 4.78 is 19.3. The number of benzene rings is 3. The lowest BCUT2D eigenvalue weighted by molar-refractivity contribution is 0.0976. The van der Waals surface area contributed by atoms with Gasteiger partial charge in [0.2, 0.25) is 5.96 Å². The highest BCUT2D eigenvalue weighted by Gasteiger charge is 2.12. The summed E-state index contributed by atoms with van der Waals surface area (Å²) in [5.74, 6) is -0.0301. The summed E-state index contributed by atoms with van der Waals surface area (Å²) in [4.78, 5) is 20.6. The highest BCUT2D eigenvalue weighted by Crippen LogP contribution is 2.23. The van der Waals surface area contributed by atoms with Gasteiger partial charge in [0.25, 0.3) is 5.91 Å². The first-order valence-electron chi connectivity index (χ1n) is 10.8. The Morgan fingerprint density at radius 1 is 1.06 bits per heavy atom. The van der Waals surface area contributed by atoms with Gasteiger partial charge in [-0.1, -0.05) is 36.4 Å². The quantitative estimate of drug-likeness (QED) is 0.273. The van der Waals surface area contributed by atoms with Crippen molar-refractivity contribution >= 4 is 28.5 Å². The van der Waals surface area contributed by atoms with E-state index in [1.54, 1.807) is 6.07 Å². The van der Waals surface area contributed by atoms with Crippen molar-refractivity contribution in [3.63, 3.8) is 0 Å². The maximum Gasteiger partial charge on any atom is 0.258 e. The van der Waals surface area contributed by atoms with Crippen molar-refractivity contribution in [2.45, 2.75) is 13.3 Å². The number of rotatable bonds is 7. The number of H-pyrrole nitrogens is 1. The largest absolute Gasteiger partial charge is 0.492 e. The molecule has 0 saturated carbocycles. The Balaban J connectivity index is 1.55. The lowest BCUT2D eigenvalue weighted by Crippen LogP contribution is -2.36. The van der Waals surface area contributed by atoms with Gasteiger partial charge in [-0.05, 0) is 55.3 Å². The van der Waals surface area contributed by atoms with E-state index in [2.05, 4.69) is 26.7 Å². The van der Waals surface area contributed by atoms with E-state index in [4.69, 9.17) is 4.74 Å². The predicted octanol–water partition coefficient (Wildman–Crippen LogP) is 5.15. The Labute approximate surface area is 191 Å². The molecule has 0 aliphatic carbocycles. The molecule has 1 heterocycles. The second-order valence-corrected chi connectivity index (χ2v) is 7.36. The van der Waals surface area contributed by atoms with Gasteiger partial charge in [0.1, 0.15) is 11.6 Å². The summed E-state index contributed by atoms with van der Waals surface area (Å²) in [5.41, 5.74) is 3.09. The Kier molecular flexibility index (Phi) is 6.99. The van der Waals surface area contributed by atoms with Crippen LogP contribution in [0, 0.1) is 5.82 Å². The zero-order valence-corrected chi connectivity index (χ0v) is 18.3. The van der Waals surface area contributed by atoms with Crippen LogP contribution >= 0.6 is 0 Å². The van der Waals surface area contributed by atoms with E-state index in [1.807, 2.05) is 55.6 Å². The average molecular weight is 445 g/mol. The number of carbonyl (C=O) groups excluding carboxylic acids is 1. The first-order valence-corrected chi connectivity index (χ1v) is 10.8. The molecule has 0 atom stereocenters. The van der Waals surface area contributed by atoms with Crippen LogP contribution in [0.1, 0.15) is 22.8 Å². The number of halogens is 1. The fourth-order valence-corrected chi connectivity index (χ4v) is 3.53. The summed E-state index contributed by atoms with van der Waals surface area (Å²) in [6.07, 6.45) is 2.65. The molecule has 6 nitrogen and oxygen atoms in total. The summed E-state index contributed by atoms with van der Waals surface area (Å²) in [7, 11) is 0. The van der Waals surface area contributed by atoms with Crippen LogP contribution in [0.25, 0.3) is 10.9 Å². The molecule has 168 valence electrons. The second-order valence-electron chi connectivity index (χ2n) is 7.36. The van der Waals surface area contributed by atoms with Crippen LogP contribution in [0.15, 0.2) is 84.0 Å². The van der Waals surface area contributed by atoms with Crippen molar-refractivity contribution < 1.29 is 13.9 Å². The Morgan fingerprint density at radius 2 is 1.88 bits per heavy atom. The van der Waals surface area contributed by atoms with Crippen molar-refractivity contribution in [1.29, 1.82) is 0 Å². The molecule has 7 heteroatoms. The molecule has 0 spiro atoms. The van der Waals surface area contributed by atoms with E-state index < -0.39 is 11.7 Å². The first kappa shape index (κ1) is 22.1. The van der Waals surface area contributed by atoms with Crippen molar-refractivity contribution in [1.82, 2.24) is 10.3 Å². The van der Waals surface area contributed by atoms with Gasteiger partial charge in [0.15, 0.2) is 0 Å². The molecule has 0 aliphatic heterocycles. The number of nitrogens with zero attached hydrogens (tertiary/aromatic N) is 1. The number of para-hydroxylation sites is 3. The third-order valence-electron chi connectivity index (χ3n) is 5.08. The minimum atomic E-state index is -0.477. The Morgan fingerprint density at radius 3 is 2.73 bits per heavy atom. The summed E-state index contributed by atoms with van der Waals surface area (Å²) in [5, 5.41) is 7.07. The number of fused-ring (bicyclic) bond motifs is 1. The van der Waals surface area contributed by atoms with Crippen molar-refractivity contribution in [2.24, 2.45) is 4.99 Å². The number of anilines is 1. The molecule has 4 aromatic rings. The van der Waals surface area contributed by atoms with Crippen LogP contribution in [0.2, 0.25) is 0 Å². The van der Waals surface area contributed by atoms with Gasteiger partial charge in [0.05, 0.1) is 12.3 Å². The number of carbonyl (C=O) groups is 1. The van der Waals surface area contributed by atoms with Crippen molar-refractivity contribution in [2.75, 3.05) is 18.5 Å². The second kappa shape index (κ2) is 10.5. The number of aromatic nitrogens is 1. The number of hydrogen-bond donors (Lipinski definition) is 3. The molecule has 0 radical (unpaired) electrons. The van der Waals surface area contributed by atoms with Gasteiger partial charge in [-0.3, -0.25) is 15.1 Å². The SMILES string of the molecule is CCOc1ccccc1NC(=NCCc1c[nH]c2ccccc12)NC(=O)c1cccc(F)c1. The van der Waals surface area contributed by atoms with Crippen LogP contribution in [-0.4, -0.2) is 30.0 Å². The molecule has 0 fully saturated rings. The smallest absolute Gasteiger partial charge is 0.258 e. The number of ether oxygens (including phenoxy) is 1. The van der Waals surface area contributed by atoms with E-state index >= 15 is 0 Å². The highest BCUT2D eigenvalue weighted by molar-refractivity contribution is 6.10. The molecule has 0 saturated heterocycles. The number of amides is 1. The van der Waals surface area contributed by atoms with E-state index in [1.165, 1.54) is 18.2 Å². The van der Waals surface area contributed by atoms with Gasteiger partial charge in [0, 0.05) is 29.2 Å². The number of nitrogens with one attached hydrogen (secondary N) is 3. The standard InChI is InChI=1S/C26H25FN4O2/c1-2-33-24-13-6-5-12-23(24)30-26(31-25(32)18-8-7-9-20(27)16-18)28-15-14-19-17-29-22-11-4-3-10-21(19)22/h3-13,16-17,29H,2,14-15H2,1H3,(H2,28,30,31,32). The van der Waals surface area contributed by atoms with Crippen LogP contribution in [-0.2, 0) is 6.42 Å². The maximum absolute atomic E-state index is 13.6. The molecule has 0 aliphatic rings. The molecule has 0 bridgehead atoms. The first-order chi connectivity index (χ1) is 16.1. The lowest BCUT2D eigenvalue weighted by atomic mass is 10.1. The third-order valence-corrected chi connectivity index (χ3v) is 5.08. The van der Waals surface area contributed by atoms with Crippen LogP contribution < -0.4 is 15.4 Å². The molecule has 33 heavy (non-hydrogen) atoms. The minimum Gasteiger partial charge on any atom is -0.492 e. The lowest BCUT2D eigenvalue weighted by Gasteiger charge is -2.15. The predicted molar refractivity (Wildman–Crippen MR) is 129 cm³/mol. The van der Waals surface area contributed by atoms with Gasteiger partial charge < -0.3 is 15.0 Å². The molecule has 4 rings (SSSR count). The highest BCUT2D eigenvalue weighted by atomic mass is 19.1. The summed E-state index contributed by atoms with van der Waals surface area (Å²) in [6.45, 7) is 2.84. The van der Waals surface area contributed by atoms with Gasteiger partial charge in [-0.25, -0.2) is 4.39 Å². The molecular formula is C26H25FN4O2. The van der Waals surface area contributed by atoms with E-state index in [0.29, 0.717) is 31.0 Å². The van der Waals surface area contributed by atoms with Crippen molar-refractivity contribution in [3.05, 3.63) is 95.9 Å². The Bertz CT molecular complexity index is 1280. The third kappa shape index (κ3) is 5.57. The maximum atomic E-state index is 13.6. The number of hydrogen-bond acceptors (Lipinski definition) is 3. The molecule has 1 aromatic heterocycles. The molecular weight excluding hydrogens is 419 g/mol. The summed E-state index contributed by atoms with van der Waals surface area (Å²) >= 11 is 0. The average Bonchev–Trinajstić information content (AvgIpc) is 3.23. The topological polar surface area (TPSA) is 78.5 Å². The zero-order valence-electron chi connectivity index (χ0n) is 18.3. The fraction of sp³-hybridized carbons (Fsp3) is 0.154. The minimum absolute atomic E-state index is 0.208. The van der Waals surface area contributed by atoms with Gasteiger partial charge in [-0.2, -0.15) is 0 Å². The number of guanidine groups is 1. The number of aliphatic imine (C=N–C) groups is 1. The van der Waals surface area contributed by atoms with Gasteiger partial charge in [-0.15, -0.1) is 0 Å². The fourth-order valence-electron chi connectivity index (χ4n) is 3.53. The monoisotopic (exact) mass is 444 g/mol. The Hall–Kier alpha value is -4.13. The van der Waals surface area contributed by atoms with Gasteiger partial charge >= 0.3 is 0 Å². The molecule has 3 aromatic carbocycles. The van der Waals surface area contributed by atoms with Crippen LogP contribution in [0.4, 0.5) is 10.1 Å². The van der Waals surface area contributed by atoms with Crippen LogP contribution in [0.3, 0.4) is 0 Å². The molecule has 3 N–H and O–H groups in total. The molecule has 0 unspecified atom stereocenters. The zero-order chi connectivity index (χ0) is 23.0. The van der Waals surface area contributed by atoms with E-state index in [0.717, 1.165) is 16.5 Å². The van der Waals surface area contributed by atoms with Crippen LogP contribution in [0.5, 0.6) is 5.75 Å².